The van der Waals surface area contributed by atoms with Crippen molar-refractivity contribution < 1.29 is 4.79 Å². The van der Waals surface area contributed by atoms with Gasteiger partial charge in [0.25, 0.3) is 0 Å². The number of amides is 1. The van der Waals surface area contributed by atoms with Crippen LogP contribution in [0.4, 0.5) is 0 Å². The van der Waals surface area contributed by atoms with Crippen LogP contribution in [0.25, 0.3) is 0 Å². The Balaban J connectivity index is 2.20. The maximum absolute atomic E-state index is 9.88. The molecular weight excluding hydrogens is 172 g/mol. The summed E-state index contributed by atoms with van der Waals surface area (Å²) in [6.45, 7) is 0. The van der Waals surface area contributed by atoms with Crippen LogP contribution in [0.5, 0.6) is 0 Å². The summed E-state index contributed by atoms with van der Waals surface area (Å²) in [5.74, 6) is 1.53. The van der Waals surface area contributed by atoms with Crippen LogP contribution in [0.2, 0.25) is 0 Å². The number of aromatic nitrogens is 1. The number of hydrogen-bond donors (Lipinski definition) is 1. The van der Waals surface area contributed by atoms with Gasteiger partial charge in [-0.2, -0.15) is 0 Å². The van der Waals surface area contributed by atoms with Crippen molar-refractivity contribution in [3.05, 3.63) is 30.1 Å². The third-order valence-electron chi connectivity index (χ3n) is 1.26. The van der Waals surface area contributed by atoms with Gasteiger partial charge >= 0.3 is 0 Å². The van der Waals surface area contributed by atoms with Gasteiger partial charge in [-0.25, -0.2) is 0 Å². The minimum absolute atomic E-state index is 0.651. The minimum Gasteiger partial charge on any atom is -0.350 e. The second-order valence-corrected chi connectivity index (χ2v) is 3.16. The SMILES string of the molecule is O=CNCSCc1cccnc1. The summed E-state index contributed by atoms with van der Waals surface area (Å²) in [5.41, 5.74) is 1.18. The second kappa shape index (κ2) is 5.60. The van der Waals surface area contributed by atoms with E-state index in [1.165, 1.54) is 5.56 Å². The molecule has 4 heteroatoms. The zero-order valence-corrected chi connectivity index (χ0v) is 7.38. The first-order valence-corrected chi connectivity index (χ1v) is 4.72. The van der Waals surface area contributed by atoms with Gasteiger partial charge in [0.15, 0.2) is 0 Å². The van der Waals surface area contributed by atoms with E-state index in [1.807, 2.05) is 18.3 Å². The molecule has 1 N–H and O–H groups in total. The molecule has 0 radical (unpaired) electrons. The highest BCUT2D eigenvalue weighted by Gasteiger charge is 1.90. The smallest absolute Gasteiger partial charge is 0.207 e. The van der Waals surface area contributed by atoms with Crippen LogP contribution in [0.1, 0.15) is 5.56 Å². The molecule has 0 aliphatic carbocycles. The lowest BCUT2D eigenvalue weighted by Crippen LogP contribution is -2.08. The highest BCUT2D eigenvalue weighted by atomic mass is 32.2. The molecule has 1 amide bonds. The van der Waals surface area contributed by atoms with Gasteiger partial charge in [0.1, 0.15) is 0 Å². The molecule has 0 atom stereocenters. The fourth-order valence-electron chi connectivity index (χ4n) is 0.745. The number of thioether (sulfide) groups is 1. The van der Waals surface area contributed by atoms with E-state index in [0.717, 1.165) is 5.75 Å². The molecule has 0 saturated heterocycles. The third-order valence-corrected chi connectivity index (χ3v) is 2.17. The molecule has 1 aromatic rings. The van der Waals surface area contributed by atoms with E-state index < -0.39 is 0 Å². The Morgan fingerprint density at radius 2 is 2.58 bits per heavy atom. The van der Waals surface area contributed by atoms with Gasteiger partial charge in [-0.3, -0.25) is 9.78 Å². The first kappa shape index (κ1) is 9.06. The van der Waals surface area contributed by atoms with Crippen molar-refractivity contribution in [2.45, 2.75) is 5.75 Å². The van der Waals surface area contributed by atoms with Crippen LogP contribution >= 0.6 is 11.8 Å². The summed E-state index contributed by atoms with van der Waals surface area (Å²) < 4.78 is 0. The molecule has 12 heavy (non-hydrogen) atoms. The van der Waals surface area contributed by atoms with Crippen molar-refractivity contribution in [1.29, 1.82) is 0 Å². The number of carbonyl (C=O) groups excluding carboxylic acids is 1. The predicted octanol–water partition coefficient (Wildman–Crippen LogP) is 1.02. The highest BCUT2D eigenvalue weighted by molar-refractivity contribution is 7.98. The number of hydrogen-bond acceptors (Lipinski definition) is 3. The number of carbonyl (C=O) groups is 1. The van der Waals surface area contributed by atoms with E-state index in [4.69, 9.17) is 0 Å². The first-order valence-electron chi connectivity index (χ1n) is 3.57. The Hall–Kier alpha value is -1.03. The molecule has 0 bridgehead atoms. The van der Waals surface area contributed by atoms with Crippen molar-refractivity contribution in [3.63, 3.8) is 0 Å². The van der Waals surface area contributed by atoms with Gasteiger partial charge in [0.05, 0.1) is 5.88 Å². The van der Waals surface area contributed by atoms with Crippen molar-refractivity contribution >= 4 is 18.2 Å². The summed E-state index contributed by atoms with van der Waals surface area (Å²) in [7, 11) is 0. The van der Waals surface area contributed by atoms with Crippen LogP contribution in [-0.4, -0.2) is 17.3 Å². The zero-order valence-electron chi connectivity index (χ0n) is 6.56. The lowest BCUT2D eigenvalue weighted by atomic mass is 10.3. The first-order chi connectivity index (χ1) is 5.93. The second-order valence-electron chi connectivity index (χ2n) is 2.18. The average Bonchev–Trinajstić information content (AvgIpc) is 2.14. The fraction of sp³-hybridized carbons (Fsp3) is 0.250. The van der Waals surface area contributed by atoms with Gasteiger partial charge in [0, 0.05) is 18.1 Å². The van der Waals surface area contributed by atoms with Crippen LogP contribution in [-0.2, 0) is 10.5 Å². The maximum atomic E-state index is 9.88. The van der Waals surface area contributed by atoms with E-state index in [2.05, 4.69) is 10.3 Å². The average molecular weight is 182 g/mol. The van der Waals surface area contributed by atoms with E-state index in [9.17, 15) is 4.79 Å². The number of pyridine rings is 1. The molecule has 0 aliphatic heterocycles. The predicted molar refractivity (Wildman–Crippen MR) is 49.6 cm³/mol. The van der Waals surface area contributed by atoms with E-state index in [1.54, 1.807) is 18.0 Å². The highest BCUT2D eigenvalue weighted by Crippen LogP contribution is 2.08. The zero-order chi connectivity index (χ0) is 8.65. The quantitative estimate of drug-likeness (QED) is 0.420. The Morgan fingerprint density at radius 1 is 1.67 bits per heavy atom. The van der Waals surface area contributed by atoms with Crippen LogP contribution in [0.15, 0.2) is 24.5 Å². The van der Waals surface area contributed by atoms with Gasteiger partial charge in [-0.05, 0) is 11.6 Å². The molecule has 3 nitrogen and oxygen atoms in total. The van der Waals surface area contributed by atoms with E-state index in [0.29, 0.717) is 12.3 Å². The maximum Gasteiger partial charge on any atom is 0.207 e. The minimum atomic E-state index is 0.651. The molecule has 0 spiro atoms. The molecule has 64 valence electrons. The van der Waals surface area contributed by atoms with Crippen molar-refractivity contribution in [1.82, 2.24) is 10.3 Å². The summed E-state index contributed by atoms with van der Waals surface area (Å²) in [4.78, 5) is 13.9. The van der Waals surface area contributed by atoms with Crippen LogP contribution in [0, 0.1) is 0 Å². The van der Waals surface area contributed by atoms with E-state index in [-0.39, 0.29) is 0 Å². The Morgan fingerprint density at radius 3 is 3.25 bits per heavy atom. The molecular formula is C8H10N2OS. The lowest BCUT2D eigenvalue weighted by Gasteiger charge is -1.98. The Bertz CT molecular complexity index is 228. The molecule has 0 unspecified atom stereocenters. The molecule has 1 heterocycles. The summed E-state index contributed by atoms with van der Waals surface area (Å²) in [6.07, 6.45) is 4.28. The molecule has 0 aliphatic rings. The number of nitrogens with zero attached hydrogens (tertiary/aromatic N) is 1. The fourth-order valence-corrected chi connectivity index (χ4v) is 1.44. The van der Waals surface area contributed by atoms with Crippen LogP contribution < -0.4 is 5.32 Å². The van der Waals surface area contributed by atoms with Crippen molar-refractivity contribution in [2.75, 3.05) is 5.88 Å². The van der Waals surface area contributed by atoms with E-state index >= 15 is 0 Å². The standard InChI is InChI=1S/C8H10N2OS/c11-6-10-7-12-5-8-2-1-3-9-4-8/h1-4,6H,5,7H2,(H,10,11). The largest absolute Gasteiger partial charge is 0.350 e. The lowest BCUT2D eigenvalue weighted by molar-refractivity contribution is -0.109. The number of nitrogens with one attached hydrogen (secondary N) is 1. The summed E-state index contributed by atoms with van der Waals surface area (Å²) in [5, 5.41) is 2.58. The normalized spacial score (nSPS) is 9.33. The number of rotatable bonds is 5. The van der Waals surface area contributed by atoms with Crippen molar-refractivity contribution in [2.24, 2.45) is 0 Å². The Kier molecular flexibility index (Phi) is 4.23. The molecule has 1 aromatic heterocycles. The third kappa shape index (κ3) is 3.39. The van der Waals surface area contributed by atoms with Gasteiger partial charge in [0.2, 0.25) is 6.41 Å². The monoisotopic (exact) mass is 182 g/mol. The van der Waals surface area contributed by atoms with Gasteiger partial charge in [-0.15, -0.1) is 11.8 Å². The van der Waals surface area contributed by atoms with Crippen LogP contribution in [0.3, 0.4) is 0 Å². The molecule has 0 saturated carbocycles. The van der Waals surface area contributed by atoms with Gasteiger partial charge < -0.3 is 5.32 Å². The Labute approximate surface area is 75.6 Å². The molecule has 0 aromatic carbocycles. The summed E-state index contributed by atoms with van der Waals surface area (Å²) >= 11 is 1.65. The topological polar surface area (TPSA) is 42.0 Å². The molecule has 0 fully saturated rings. The molecule has 1 rings (SSSR count). The summed E-state index contributed by atoms with van der Waals surface area (Å²) in [6, 6.07) is 3.92. The van der Waals surface area contributed by atoms with Gasteiger partial charge in [-0.1, -0.05) is 6.07 Å². The van der Waals surface area contributed by atoms with Crippen molar-refractivity contribution in [3.8, 4) is 0 Å².